The van der Waals surface area contributed by atoms with Gasteiger partial charge in [-0.3, -0.25) is 4.79 Å². The molecule has 0 radical (unpaired) electrons. The lowest BCUT2D eigenvalue weighted by molar-refractivity contribution is -0.142. The van der Waals surface area contributed by atoms with E-state index in [2.05, 4.69) is 5.32 Å². The molecule has 2 aromatic rings. The van der Waals surface area contributed by atoms with E-state index in [0.29, 0.717) is 5.69 Å². The van der Waals surface area contributed by atoms with E-state index in [1.807, 2.05) is 55.6 Å². The highest BCUT2D eigenvalue weighted by Crippen LogP contribution is 2.15. The van der Waals surface area contributed by atoms with E-state index < -0.39 is 5.97 Å². The van der Waals surface area contributed by atoms with Gasteiger partial charge in [-0.2, -0.15) is 0 Å². The normalized spacial score (nSPS) is 10.6. The third kappa shape index (κ3) is 5.93. The minimum Gasteiger partial charge on any atom is -0.452 e. The standard InChI is InChI=1S/C19H19NO3S/c1-14-4-3-5-16(12-14)20-18(21)13-23-19(22)11-8-15-6-9-17(24-2)10-7-15/h3-12H,13H2,1-2H3,(H,20,21)/b11-8+. The Kier molecular flexibility index (Phi) is 6.63. The molecule has 2 aromatic carbocycles. The summed E-state index contributed by atoms with van der Waals surface area (Å²) in [6.45, 7) is 1.62. The van der Waals surface area contributed by atoms with Crippen molar-refractivity contribution in [1.29, 1.82) is 0 Å². The van der Waals surface area contributed by atoms with Crippen LogP contribution >= 0.6 is 11.8 Å². The van der Waals surface area contributed by atoms with Gasteiger partial charge in [0.2, 0.25) is 0 Å². The number of carbonyl (C=O) groups is 2. The second-order valence-corrected chi connectivity index (χ2v) is 6.01. The van der Waals surface area contributed by atoms with Gasteiger partial charge in [-0.05, 0) is 54.6 Å². The third-order valence-corrected chi connectivity index (χ3v) is 3.92. The summed E-state index contributed by atoms with van der Waals surface area (Å²) in [5.41, 5.74) is 2.62. The number of rotatable bonds is 6. The summed E-state index contributed by atoms with van der Waals surface area (Å²) in [6.07, 6.45) is 4.98. The van der Waals surface area contributed by atoms with Crippen LogP contribution in [0.5, 0.6) is 0 Å². The van der Waals surface area contributed by atoms with Crippen LogP contribution in [-0.2, 0) is 14.3 Å². The number of thioether (sulfide) groups is 1. The maximum atomic E-state index is 11.8. The maximum absolute atomic E-state index is 11.8. The molecule has 0 heterocycles. The molecule has 0 aliphatic carbocycles. The maximum Gasteiger partial charge on any atom is 0.331 e. The van der Waals surface area contributed by atoms with Gasteiger partial charge in [0, 0.05) is 16.7 Å². The van der Waals surface area contributed by atoms with E-state index in [4.69, 9.17) is 4.74 Å². The van der Waals surface area contributed by atoms with Crippen molar-refractivity contribution in [2.45, 2.75) is 11.8 Å². The largest absolute Gasteiger partial charge is 0.452 e. The molecular formula is C19H19NO3S. The summed E-state index contributed by atoms with van der Waals surface area (Å²) in [5.74, 6) is -0.921. The second-order valence-electron chi connectivity index (χ2n) is 5.13. The first kappa shape index (κ1) is 17.8. The first-order valence-corrected chi connectivity index (χ1v) is 8.65. The highest BCUT2D eigenvalue weighted by atomic mass is 32.2. The summed E-state index contributed by atoms with van der Waals surface area (Å²) in [6, 6.07) is 15.2. The van der Waals surface area contributed by atoms with Gasteiger partial charge >= 0.3 is 5.97 Å². The number of esters is 1. The van der Waals surface area contributed by atoms with Gasteiger partial charge in [0.25, 0.3) is 5.91 Å². The third-order valence-electron chi connectivity index (χ3n) is 3.18. The molecule has 4 nitrogen and oxygen atoms in total. The molecule has 5 heteroatoms. The van der Waals surface area contributed by atoms with Crippen molar-refractivity contribution >= 4 is 35.4 Å². The smallest absolute Gasteiger partial charge is 0.331 e. The Morgan fingerprint density at radius 2 is 1.92 bits per heavy atom. The van der Waals surface area contributed by atoms with Gasteiger partial charge in [-0.1, -0.05) is 24.3 Å². The van der Waals surface area contributed by atoms with Gasteiger partial charge in [0.15, 0.2) is 6.61 Å². The van der Waals surface area contributed by atoms with Crippen molar-refractivity contribution in [1.82, 2.24) is 0 Å². The predicted molar refractivity (Wildman–Crippen MR) is 98.0 cm³/mol. The number of hydrogen-bond donors (Lipinski definition) is 1. The van der Waals surface area contributed by atoms with Gasteiger partial charge in [-0.25, -0.2) is 4.79 Å². The molecule has 0 atom stereocenters. The summed E-state index contributed by atoms with van der Waals surface area (Å²) in [5, 5.41) is 2.68. The van der Waals surface area contributed by atoms with Crippen molar-refractivity contribution in [3.05, 3.63) is 65.7 Å². The van der Waals surface area contributed by atoms with E-state index >= 15 is 0 Å². The molecule has 0 unspecified atom stereocenters. The molecular weight excluding hydrogens is 322 g/mol. The predicted octanol–water partition coefficient (Wildman–Crippen LogP) is 3.91. The topological polar surface area (TPSA) is 55.4 Å². The van der Waals surface area contributed by atoms with E-state index in [1.54, 1.807) is 23.9 Å². The van der Waals surface area contributed by atoms with Crippen LogP contribution in [-0.4, -0.2) is 24.7 Å². The van der Waals surface area contributed by atoms with Crippen molar-refractivity contribution in [3.8, 4) is 0 Å². The molecule has 0 spiro atoms. The molecule has 24 heavy (non-hydrogen) atoms. The van der Waals surface area contributed by atoms with Crippen LogP contribution in [0.4, 0.5) is 5.69 Å². The fourth-order valence-electron chi connectivity index (χ4n) is 1.98. The first-order valence-electron chi connectivity index (χ1n) is 7.42. The zero-order valence-corrected chi connectivity index (χ0v) is 14.4. The Morgan fingerprint density at radius 1 is 1.17 bits per heavy atom. The monoisotopic (exact) mass is 341 g/mol. The summed E-state index contributed by atoms with van der Waals surface area (Å²) in [4.78, 5) is 24.6. The van der Waals surface area contributed by atoms with E-state index in [9.17, 15) is 9.59 Å². The molecule has 0 aliphatic rings. The molecule has 0 saturated carbocycles. The average Bonchev–Trinajstić information content (AvgIpc) is 2.58. The van der Waals surface area contributed by atoms with E-state index in [1.165, 1.54) is 6.08 Å². The van der Waals surface area contributed by atoms with Gasteiger partial charge < -0.3 is 10.1 Å². The van der Waals surface area contributed by atoms with Gasteiger partial charge in [-0.15, -0.1) is 11.8 Å². The lowest BCUT2D eigenvalue weighted by Gasteiger charge is -2.06. The molecule has 0 aromatic heterocycles. The lowest BCUT2D eigenvalue weighted by Crippen LogP contribution is -2.20. The minimum absolute atomic E-state index is 0.317. The van der Waals surface area contributed by atoms with Crippen LogP contribution in [0.15, 0.2) is 59.5 Å². The molecule has 0 saturated heterocycles. The fourth-order valence-corrected chi connectivity index (χ4v) is 2.39. The van der Waals surface area contributed by atoms with E-state index in [0.717, 1.165) is 16.0 Å². The number of carbonyl (C=O) groups excluding carboxylic acids is 2. The number of anilines is 1. The summed E-state index contributed by atoms with van der Waals surface area (Å²) >= 11 is 1.65. The molecule has 0 fully saturated rings. The Labute approximate surface area is 145 Å². The SMILES string of the molecule is CSc1ccc(/C=C/C(=O)OCC(=O)Nc2cccc(C)c2)cc1. The zero-order valence-electron chi connectivity index (χ0n) is 13.6. The molecule has 124 valence electrons. The molecule has 2 rings (SSSR count). The highest BCUT2D eigenvalue weighted by molar-refractivity contribution is 7.98. The van der Waals surface area contributed by atoms with Crippen LogP contribution in [0.1, 0.15) is 11.1 Å². The molecule has 1 N–H and O–H groups in total. The lowest BCUT2D eigenvalue weighted by atomic mass is 10.2. The number of aryl methyl sites for hydroxylation is 1. The van der Waals surface area contributed by atoms with Crippen LogP contribution in [0.25, 0.3) is 6.08 Å². The van der Waals surface area contributed by atoms with Gasteiger partial charge in [0.05, 0.1) is 0 Å². The van der Waals surface area contributed by atoms with Crippen molar-refractivity contribution in [3.63, 3.8) is 0 Å². The molecule has 1 amide bonds. The Balaban J connectivity index is 1.79. The number of hydrogen-bond acceptors (Lipinski definition) is 4. The Hall–Kier alpha value is -2.53. The minimum atomic E-state index is -0.552. The molecule has 0 aliphatic heterocycles. The van der Waals surface area contributed by atoms with Crippen LogP contribution in [0.2, 0.25) is 0 Å². The number of nitrogens with one attached hydrogen (secondary N) is 1. The van der Waals surface area contributed by atoms with Crippen molar-refractivity contribution in [2.24, 2.45) is 0 Å². The first-order chi connectivity index (χ1) is 11.6. The zero-order chi connectivity index (χ0) is 17.4. The Morgan fingerprint density at radius 3 is 2.58 bits per heavy atom. The van der Waals surface area contributed by atoms with Gasteiger partial charge in [0.1, 0.15) is 0 Å². The van der Waals surface area contributed by atoms with Crippen LogP contribution < -0.4 is 5.32 Å². The highest BCUT2D eigenvalue weighted by Gasteiger charge is 2.05. The fraction of sp³-hybridized carbons (Fsp3) is 0.158. The molecule has 0 bridgehead atoms. The van der Waals surface area contributed by atoms with E-state index in [-0.39, 0.29) is 12.5 Å². The number of ether oxygens (including phenoxy) is 1. The van der Waals surface area contributed by atoms with Crippen molar-refractivity contribution < 1.29 is 14.3 Å². The quantitative estimate of drug-likeness (QED) is 0.492. The number of benzene rings is 2. The van der Waals surface area contributed by atoms with Crippen LogP contribution in [0, 0.1) is 6.92 Å². The van der Waals surface area contributed by atoms with Crippen molar-refractivity contribution in [2.75, 3.05) is 18.2 Å². The average molecular weight is 341 g/mol. The summed E-state index contributed by atoms with van der Waals surface area (Å²) in [7, 11) is 0. The Bertz CT molecular complexity index is 739. The van der Waals surface area contributed by atoms with Crippen LogP contribution in [0.3, 0.4) is 0 Å². The summed E-state index contributed by atoms with van der Waals surface area (Å²) < 4.78 is 4.93. The number of amides is 1. The second kappa shape index (κ2) is 8.93.